The van der Waals surface area contributed by atoms with Crippen molar-refractivity contribution in [3.8, 4) is 0 Å². The van der Waals surface area contributed by atoms with Gasteiger partial charge in [-0.1, -0.05) is 18.2 Å². The third-order valence-electron chi connectivity index (χ3n) is 4.08. The molecular weight excluding hydrogens is 250 g/mol. The van der Waals surface area contributed by atoms with Crippen molar-refractivity contribution >= 4 is 11.0 Å². The molecule has 0 radical (unpaired) electrons. The maximum Gasteiger partial charge on any atom is 0.134 e. The van der Waals surface area contributed by atoms with E-state index in [0.29, 0.717) is 0 Å². The molecule has 0 saturated carbocycles. The molecule has 1 atom stereocenters. The molecule has 1 aliphatic rings. The van der Waals surface area contributed by atoms with Crippen LogP contribution in [0, 0.1) is 0 Å². The van der Waals surface area contributed by atoms with E-state index in [0.717, 1.165) is 42.9 Å². The van der Waals surface area contributed by atoms with Gasteiger partial charge in [-0.3, -0.25) is 0 Å². The van der Waals surface area contributed by atoms with Gasteiger partial charge in [-0.05, 0) is 38.7 Å². The first-order chi connectivity index (χ1) is 9.72. The lowest BCUT2D eigenvalue weighted by Crippen LogP contribution is -2.34. The first kappa shape index (κ1) is 13.6. The van der Waals surface area contributed by atoms with Gasteiger partial charge in [0.15, 0.2) is 0 Å². The quantitative estimate of drug-likeness (QED) is 0.930. The Balaban J connectivity index is 1.67. The molecule has 0 amide bonds. The van der Waals surface area contributed by atoms with E-state index in [1.165, 1.54) is 13.0 Å². The number of nitrogens with zero attached hydrogens (tertiary/aromatic N) is 2. The summed E-state index contributed by atoms with van der Waals surface area (Å²) in [7, 11) is 2.18. The summed E-state index contributed by atoms with van der Waals surface area (Å²) in [5, 5.41) is 1.13. The molecule has 2 aromatic rings. The van der Waals surface area contributed by atoms with Gasteiger partial charge in [0, 0.05) is 25.0 Å². The van der Waals surface area contributed by atoms with E-state index >= 15 is 0 Å². The summed E-state index contributed by atoms with van der Waals surface area (Å²) < 4.78 is 5.86. The Morgan fingerprint density at radius 3 is 2.90 bits per heavy atom. The van der Waals surface area contributed by atoms with E-state index in [1.54, 1.807) is 0 Å². The summed E-state index contributed by atoms with van der Waals surface area (Å²) in [6.07, 6.45) is 1.21. The van der Waals surface area contributed by atoms with Gasteiger partial charge in [-0.15, -0.1) is 0 Å². The number of fused-ring (bicyclic) bond motifs is 1. The highest BCUT2D eigenvalue weighted by atomic mass is 16.3. The first-order valence-corrected chi connectivity index (χ1v) is 7.37. The predicted octanol–water partition coefficient (Wildman–Crippen LogP) is 2.07. The van der Waals surface area contributed by atoms with Crippen molar-refractivity contribution < 1.29 is 4.42 Å². The van der Waals surface area contributed by atoms with E-state index in [4.69, 9.17) is 10.2 Å². The summed E-state index contributed by atoms with van der Waals surface area (Å²) in [5.41, 5.74) is 7.25. The second kappa shape index (κ2) is 5.95. The number of likely N-dealkylation sites (N-methyl/N-ethyl adjacent to an activating group) is 1. The van der Waals surface area contributed by atoms with E-state index < -0.39 is 0 Å². The third kappa shape index (κ3) is 3.03. The van der Waals surface area contributed by atoms with Crippen molar-refractivity contribution in [1.29, 1.82) is 0 Å². The van der Waals surface area contributed by atoms with Gasteiger partial charge in [0.05, 0.1) is 6.04 Å². The second-order valence-electron chi connectivity index (χ2n) is 5.75. The van der Waals surface area contributed by atoms with Crippen molar-refractivity contribution in [3.05, 3.63) is 36.1 Å². The van der Waals surface area contributed by atoms with E-state index in [2.05, 4.69) is 29.0 Å². The van der Waals surface area contributed by atoms with Gasteiger partial charge in [0.1, 0.15) is 11.3 Å². The molecule has 108 valence electrons. The van der Waals surface area contributed by atoms with Crippen LogP contribution >= 0.6 is 0 Å². The topological polar surface area (TPSA) is 45.6 Å². The SMILES string of the molecule is CN1CCCN(CC(N)c2cc3ccccc3o2)CC1. The van der Waals surface area contributed by atoms with Crippen LogP contribution in [0.4, 0.5) is 0 Å². The molecule has 4 nitrogen and oxygen atoms in total. The van der Waals surface area contributed by atoms with Crippen LogP contribution in [-0.2, 0) is 0 Å². The Kier molecular flexibility index (Phi) is 4.05. The van der Waals surface area contributed by atoms with Crippen molar-refractivity contribution in [2.75, 3.05) is 39.8 Å². The lowest BCUT2D eigenvalue weighted by atomic mass is 10.2. The number of hydrogen-bond donors (Lipinski definition) is 1. The van der Waals surface area contributed by atoms with Crippen LogP contribution in [0.5, 0.6) is 0 Å². The Bertz CT molecular complexity index is 533. The molecule has 2 N–H and O–H groups in total. The smallest absolute Gasteiger partial charge is 0.134 e. The highest BCUT2D eigenvalue weighted by Gasteiger charge is 2.18. The van der Waals surface area contributed by atoms with Crippen LogP contribution in [0.2, 0.25) is 0 Å². The van der Waals surface area contributed by atoms with Crippen LogP contribution < -0.4 is 5.73 Å². The Labute approximate surface area is 120 Å². The Morgan fingerprint density at radius 1 is 1.20 bits per heavy atom. The van der Waals surface area contributed by atoms with Crippen molar-refractivity contribution in [2.24, 2.45) is 5.73 Å². The Morgan fingerprint density at radius 2 is 2.05 bits per heavy atom. The molecule has 0 spiro atoms. The summed E-state index contributed by atoms with van der Waals surface area (Å²) in [4.78, 5) is 4.83. The van der Waals surface area contributed by atoms with Crippen molar-refractivity contribution in [2.45, 2.75) is 12.5 Å². The largest absolute Gasteiger partial charge is 0.459 e. The fraction of sp³-hybridized carbons (Fsp3) is 0.500. The maximum absolute atomic E-state index is 6.33. The second-order valence-corrected chi connectivity index (χ2v) is 5.75. The van der Waals surface area contributed by atoms with Gasteiger partial charge in [-0.25, -0.2) is 0 Å². The van der Waals surface area contributed by atoms with Gasteiger partial charge in [0.25, 0.3) is 0 Å². The molecular formula is C16H23N3O. The molecule has 1 unspecified atom stereocenters. The molecule has 20 heavy (non-hydrogen) atoms. The summed E-state index contributed by atoms with van der Waals surface area (Å²) in [6, 6.07) is 10.1. The molecule has 1 aliphatic heterocycles. The van der Waals surface area contributed by atoms with E-state index in [-0.39, 0.29) is 6.04 Å². The van der Waals surface area contributed by atoms with Crippen LogP contribution in [0.3, 0.4) is 0 Å². The summed E-state index contributed by atoms with van der Waals surface area (Å²) in [6.45, 7) is 5.37. The minimum Gasteiger partial charge on any atom is -0.459 e. The lowest BCUT2D eigenvalue weighted by Gasteiger charge is -2.22. The number of para-hydroxylation sites is 1. The molecule has 0 aliphatic carbocycles. The normalized spacial score (nSPS) is 20.1. The van der Waals surface area contributed by atoms with Gasteiger partial charge in [0.2, 0.25) is 0 Å². The number of hydrogen-bond acceptors (Lipinski definition) is 4. The molecule has 1 fully saturated rings. The third-order valence-corrected chi connectivity index (χ3v) is 4.08. The minimum atomic E-state index is -0.0502. The molecule has 1 saturated heterocycles. The fourth-order valence-corrected chi connectivity index (χ4v) is 2.84. The number of rotatable bonds is 3. The highest BCUT2D eigenvalue weighted by Crippen LogP contribution is 2.23. The van der Waals surface area contributed by atoms with Crippen molar-refractivity contribution in [3.63, 3.8) is 0 Å². The van der Waals surface area contributed by atoms with Crippen LogP contribution in [0.1, 0.15) is 18.2 Å². The van der Waals surface area contributed by atoms with E-state index in [9.17, 15) is 0 Å². The summed E-state index contributed by atoms with van der Waals surface area (Å²) in [5.74, 6) is 0.892. The minimum absolute atomic E-state index is 0.0502. The van der Waals surface area contributed by atoms with Crippen LogP contribution in [0.15, 0.2) is 34.7 Å². The molecule has 2 heterocycles. The van der Waals surface area contributed by atoms with Gasteiger partial charge >= 0.3 is 0 Å². The Hall–Kier alpha value is -1.36. The fourth-order valence-electron chi connectivity index (χ4n) is 2.84. The standard InChI is InChI=1S/C16H23N3O/c1-18-7-4-8-19(10-9-18)12-14(17)16-11-13-5-2-3-6-15(13)20-16/h2-3,5-6,11,14H,4,7-10,12,17H2,1H3. The molecule has 1 aromatic carbocycles. The molecule has 3 rings (SSSR count). The average molecular weight is 273 g/mol. The molecule has 1 aromatic heterocycles. The van der Waals surface area contributed by atoms with Crippen molar-refractivity contribution in [1.82, 2.24) is 9.80 Å². The summed E-state index contributed by atoms with van der Waals surface area (Å²) >= 11 is 0. The number of furan rings is 1. The van der Waals surface area contributed by atoms with Gasteiger partial charge in [-0.2, -0.15) is 0 Å². The maximum atomic E-state index is 6.33. The monoisotopic (exact) mass is 273 g/mol. The number of benzene rings is 1. The zero-order valence-corrected chi connectivity index (χ0v) is 12.1. The van der Waals surface area contributed by atoms with E-state index in [1.807, 2.05) is 18.2 Å². The zero-order valence-electron chi connectivity index (χ0n) is 12.1. The number of nitrogens with two attached hydrogens (primary N) is 1. The predicted molar refractivity (Wildman–Crippen MR) is 81.7 cm³/mol. The zero-order chi connectivity index (χ0) is 13.9. The lowest BCUT2D eigenvalue weighted by molar-refractivity contribution is 0.253. The highest BCUT2D eigenvalue weighted by molar-refractivity contribution is 5.77. The van der Waals surface area contributed by atoms with Gasteiger partial charge < -0.3 is 20.0 Å². The van der Waals surface area contributed by atoms with Crippen LogP contribution in [0.25, 0.3) is 11.0 Å². The van der Waals surface area contributed by atoms with Crippen LogP contribution in [-0.4, -0.2) is 49.6 Å². The molecule has 4 heteroatoms. The first-order valence-electron chi connectivity index (χ1n) is 7.37. The average Bonchev–Trinajstić information content (AvgIpc) is 2.78. The molecule has 0 bridgehead atoms.